The van der Waals surface area contributed by atoms with E-state index in [9.17, 15) is 10.1 Å². The maximum Gasteiger partial charge on any atom is 0.331 e. The molecule has 0 amide bonds. The molecule has 4 nitrogen and oxygen atoms in total. The van der Waals surface area contributed by atoms with E-state index in [1.54, 1.807) is 16.7 Å². The second kappa shape index (κ2) is 6.81. The maximum atomic E-state index is 13.0. The van der Waals surface area contributed by atoms with Crippen molar-refractivity contribution in [3.63, 3.8) is 0 Å². The van der Waals surface area contributed by atoms with Crippen molar-refractivity contribution < 1.29 is 0 Å². The van der Waals surface area contributed by atoms with E-state index in [1.165, 1.54) is 0 Å². The van der Waals surface area contributed by atoms with E-state index in [0.29, 0.717) is 11.3 Å². The predicted octanol–water partition coefficient (Wildman–Crippen LogP) is 4.68. The van der Waals surface area contributed by atoms with Gasteiger partial charge in [-0.15, -0.1) is 0 Å². The fourth-order valence-electron chi connectivity index (χ4n) is 3.34. The molecular weight excluding hydrogens is 334 g/mol. The molecule has 0 aliphatic rings. The first-order valence-electron chi connectivity index (χ1n) is 8.66. The summed E-state index contributed by atoms with van der Waals surface area (Å²) in [5, 5.41) is 9.38. The molecule has 0 saturated heterocycles. The fourth-order valence-corrected chi connectivity index (χ4v) is 3.34. The van der Waals surface area contributed by atoms with E-state index in [-0.39, 0.29) is 5.69 Å². The molecule has 3 aromatic carbocycles. The van der Waals surface area contributed by atoms with E-state index in [0.717, 1.165) is 28.1 Å². The van der Waals surface area contributed by atoms with Crippen LogP contribution in [0.2, 0.25) is 0 Å². The summed E-state index contributed by atoms with van der Waals surface area (Å²) < 4.78 is 1.66. The molecule has 0 fully saturated rings. The summed E-state index contributed by atoms with van der Waals surface area (Å²) in [6.07, 6.45) is 0. The molecule has 1 heterocycles. The fraction of sp³-hybridized carbons (Fsp3) is 0.0435. The molecule has 0 unspecified atom stereocenters. The number of H-pyrrole nitrogens is 1. The molecule has 27 heavy (non-hydrogen) atoms. The van der Waals surface area contributed by atoms with Crippen molar-refractivity contribution in [3.8, 4) is 34.3 Å². The molecule has 0 radical (unpaired) electrons. The molecule has 4 heteroatoms. The highest BCUT2D eigenvalue weighted by atomic mass is 16.1. The van der Waals surface area contributed by atoms with Gasteiger partial charge >= 0.3 is 5.69 Å². The summed E-state index contributed by atoms with van der Waals surface area (Å²) in [5.41, 5.74) is 5.21. The lowest BCUT2D eigenvalue weighted by molar-refractivity contribution is 0.980. The van der Waals surface area contributed by atoms with Gasteiger partial charge in [0.15, 0.2) is 0 Å². The number of aromatic nitrogens is 2. The Morgan fingerprint density at radius 1 is 0.852 bits per heavy atom. The van der Waals surface area contributed by atoms with Gasteiger partial charge in [-0.1, -0.05) is 66.7 Å². The quantitative estimate of drug-likeness (QED) is 0.582. The maximum absolute atomic E-state index is 13.0. The number of imidazole rings is 1. The second-order valence-electron chi connectivity index (χ2n) is 6.28. The standard InChI is InChI=1S/C23H17N3O/c1-16-19(15-24)13-8-14-20(16)26-22(18-11-6-3-7-12-18)21(25-23(26)27)17-9-4-2-5-10-17/h2-14H,1H3,(H,25,27). The summed E-state index contributed by atoms with van der Waals surface area (Å²) >= 11 is 0. The minimum Gasteiger partial charge on any atom is -0.305 e. The van der Waals surface area contributed by atoms with Crippen LogP contribution in [0.5, 0.6) is 0 Å². The number of nitriles is 1. The summed E-state index contributed by atoms with van der Waals surface area (Å²) in [4.78, 5) is 16.0. The van der Waals surface area contributed by atoms with Crippen molar-refractivity contribution in [1.82, 2.24) is 9.55 Å². The Morgan fingerprint density at radius 3 is 2.11 bits per heavy atom. The van der Waals surface area contributed by atoms with E-state index in [2.05, 4.69) is 11.1 Å². The number of hydrogen-bond acceptors (Lipinski definition) is 2. The molecule has 1 N–H and O–H groups in total. The van der Waals surface area contributed by atoms with Crippen LogP contribution in [0.4, 0.5) is 0 Å². The van der Waals surface area contributed by atoms with Gasteiger partial charge in [0.2, 0.25) is 0 Å². The molecule has 4 rings (SSSR count). The molecular formula is C23H17N3O. The van der Waals surface area contributed by atoms with Gasteiger partial charge in [0, 0.05) is 11.1 Å². The lowest BCUT2D eigenvalue weighted by atomic mass is 10.0. The molecule has 0 aliphatic heterocycles. The normalized spacial score (nSPS) is 10.5. The SMILES string of the molecule is Cc1c(C#N)cccc1-n1c(-c2ccccc2)c(-c2ccccc2)[nH]c1=O. The monoisotopic (exact) mass is 351 g/mol. The number of aromatic amines is 1. The van der Waals surface area contributed by atoms with Crippen LogP contribution >= 0.6 is 0 Å². The number of rotatable bonds is 3. The van der Waals surface area contributed by atoms with Crippen LogP contribution in [-0.2, 0) is 0 Å². The average molecular weight is 351 g/mol. The first-order valence-corrected chi connectivity index (χ1v) is 8.66. The van der Waals surface area contributed by atoms with E-state index >= 15 is 0 Å². The third-order valence-electron chi connectivity index (χ3n) is 4.67. The number of nitrogens with zero attached hydrogens (tertiary/aromatic N) is 2. The predicted molar refractivity (Wildman–Crippen MR) is 107 cm³/mol. The minimum absolute atomic E-state index is 0.231. The summed E-state index contributed by atoms with van der Waals surface area (Å²) in [7, 11) is 0. The van der Waals surface area contributed by atoms with Crippen LogP contribution in [0, 0.1) is 18.3 Å². The Bertz CT molecular complexity index is 1200. The van der Waals surface area contributed by atoms with Crippen molar-refractivity contribution >= 4 is 0 Å². The lowest BCUT2D eigenvalue weighted by Crippen LogP contribution is -2.17. The Balaban J connectivity index is 2.09. The van der Waals surface area contributed by atoms with Crippen LogP contribution in [0.1, 0.15) is 11.1 Å². The molecule has 130 valence electrons. The molecule has 0 atom stereocenters. The van der Waals surface area contributed by atoms with Gasteiger partial charge in [0.1, 0.15) is 0 Å². The van der Waals surface area contributed by atoms with Crippen molar-refractivity contribution in [2.45, 2.75) is 6.92 Å². The van der Waals surface area contributed by atoms with Gasteiger partial charge in [-0.25, -0.2) is 4.79 Å². The zero-order chi connectivity index (χ0) is 18.8. The summed E-state index contributed by atoms with van der Waals surface area (Å²) in [6, 6.07) is 27.2. The Morgan fingerprint density at radius 2 is 1.48 bits per heavy atom. The van der Waals surface area contributed by atoms with Crippen molar-refractivity contribution in [3.05, 3.63) is 100 Å². The van der Waals surface area contributed by atoms with Gasteiger partial charge in [-0.05, 0) is 24.6 Å². The highest BCUT2D eigenvalue weighted by Crippen LogP contribution is 2.32. The number of nitrogens with one attached hydrogen (secondary N) is 1. The Labute approximate surface area is 157 Å². The number of hydrogen-bond donors (Lipinski definition) is 1. The summed E-state index contributed by atoms with van der Waals surface area (Å²) in [5.74, 6) is 0. The van der Waals surface area contributed by atoms with Crippen LogP contribution in [0.25, 0.3) is 28.2 Å². The van der Waals surface area contributed by atoms with Crippen LogP contribution < -0.4 is 5.69 Å². The van der Waals surface area contributed by atoms with Gasteiger partial charge in [0.25, 0.3) is 0 Å². The van der Waals surface area contributed by atoms with Crippen LogP contribution in [-0.4, -0.2) is 9.55 Å². The molecule has 0 spiro atoms. The second-order valence-corrected chi connectivity index (χ2v) is 6.28. The number of benzene rings is 3. The van der Waals surface area contributed by atoms with Crippen molar-refractivity contribution in [2.75, 3.05) is 0 Å². The third kappa shape index (κ3) is 2.86. The topological polar surface area (TPSA) is 61.6 Å². The minimum atomic E-state index is -0.231. The van der Waals surface area contributed by atoms with Gasteiger partial charge < -0.3 is 4.98 Å². The van der Waals surface area contributed by atoms with Crippen molar-refractivity contribution in [1.29, 1.82) is 5.26 Å². The lowest BCUT2D eigenvalue weighted by Gasteiger charge is -2.13. The molecule has 0 bridgehead atoms. The molecule has 1 aromatic heterocycles. The Kier molecular flexibility index (Phi) is 4.19. The average Bonchev–Trinajstić information content (AvgIpc) is 3.06. The van der Waals surface area contributed by atoms with Crippen LogP contribution in [0.15, 0.2) is 83.7 Å². The summed E-state index contributed by atoms with van der Waals surface area (Å²) in [6.45, 7) is 1.87. The first kappa shape index (κ1) is 16.6. The highest BCUT2D eigenvalue weighted by Gasteiger charge is 2.20. The molecule has 0 saturated carbocycles. The van der Waals surface area contributed by atoms with Crippen LogP contribution in [0.3, 0.4) is 0 Å². The first-order chi connectivity index (χ1) is 13.2. The molecule has 4 aromatic rings. The van der Waals surface area contributed by atoms with Gasteiger partial charge in [0.05, 0.1) is 28.7 Å². The Hall–Kier alpha value is -3.84. The van der Waals surface area contributed by atoms with E-state index in [4.69, 9.17) is 0 Å². The van der Waals surface area contributed by atoms with Gasteiger partial charge in [-0.2, -0.15) is 5.26 Å². The zero-order valence-corrected chi connectivity index (χ0v) is 14.8. The van der Waals surface area contributed by atoms with E-state index in [1.807, 2.05) is 73.7 Å². The largest absolute Gasteiger partial charge is 0.331 e. The highest BCUT2D eigenvalue weighted by molar-refractivity contribution is 5.80. The van der Waals surface area contributed by atoms with Crippen molar-refractivity contribution in [2.24, 2.45) is 0 Å². The third-order valence-corrected chi connectivity index (χ3v) is 4.67. The zero-order valence-electron chi connectivity index (χ0n) is 14.8. The molecule has 0 aliphatic carbocycles. The van der Waals surface area contributed by atoms with Gasteiger partial charge in [-0.3, -0.25) is 4.57 Å². The van der Waals surface area contributed by atoms with E-state index < -0.39 is 0 Å². The smallest absolute Gasteiger partial charge is 0.305 e.